The smallest absolute Gasteiger partial charge is 0.173 e. The normalized spacial score (nSPS) is 17.1. The second-order valence-electron chi connectivity index (χ2n) is 2.43. The minimum absolute atomic E-state index is 0.444. The van der Waals surface area contributed by atoms with Gasteiger partial charge in [-0.3, -0.25) is 4.79 Å². The average Bonchev–Trinajstić information content (AvgIpc) is 2.18. The van der Waals surface area contributed by atoms with E-state index in [9.17, 15) is 0 Å². The molecule has 0 saturated heterocycles. The Balaban J connectivity index is 0.000000292. The predicted octanol–water partition coefficient (Wildman–Crippen LogP) is 2.11. The number of rotatable bonds is 0. The van der Waals surface area contributed by atoms with E-state index in [4.69, 9.17) is 4.79 Å². The summed E-state index contributed by atoms with van der Waals surface area (Å²) in [4.78, 5) is 8.67. The Labute approximate surface area is 77.1 Å². The van der Waals surface area contributed by atoms with E-state index in [0.29, 0.717) is 5.62 Å². The molecule has 0 fully saturated rings. The van der Waals surface area contributed by atoms with Crippen LogP contribution in [0.1, 0.15) is 32.1 Å². The first-order valence-corrected chi connectivity index (χ1v) is 4.81. The van der Waals surface area contributed by atoms with Crippen LogP contribution in [-0.4, -0.2) is 15.9 Å². The lowest BCUT2D eigenvalue weighted by Gasteiger charge is -1.91. The lowest BCUT2D eigenvalue weighted by Crippen LogP contribution is -1.77. The number of carbonyl (C=O) groups excluding carboxylic acids is 1. The molecule has 1 rings (SSSR count). The van der Waals surface area contributed by atoms with Crippen molar-refractivity contribution in [3.63, 3.8) is 0 Å². The van der Waals surface area contributed by atoms with Crippen molar-refractivity contribution in [3.05, 3.63) is 11.3 Å². The minimum atomic E-state index is 0.444. The Hall–Kier alpha value is -0.0231. The van der Waals surface area contributed by atoms with Crippen LogP contribution in [0.25, 0.3) is 0 Å². The summed E-state index contributed by atoms with van der Waals surface area (Å²) in [5.74, 6) is 0. The highest BCUT2D eigenvalue weighted by Gasteiger charge is 1.95. The van der Waals surface area contributed by atoms with Crippen molar-refractivity contribution in [2.45, 2.75) is 32.1 Å². The maximum absolute atomic E-state index is 8.67. The van der Waals surface area contributed by atoms with Gasteiger partial charge in [0, 0.05) is 0 Å². The molecule has 0 amide bonds. The second kappa shape index (κ2) is 8.08. The molecule has 0 aromatic carbocycles. The Bertz CT molecular complexity index is 134. The summed E-state index contributed by atoms with van der Waals surface area (Å²) in [6, 6.07) is 0. The molecule has 3 heteroatoms. The van der Waals surface area contributed by atoms with Crippen LogP contribution >= 0.6 is 12.6 Å². The van der Waals surface area contributed by atoms with Gasteiger partial charge in [-0.15, -0.1) is 12.6 Å². The maximum atomic E-state index is 8.67. The molecular formula is C8H13OSSi. The SMILES string of the molecule is O=CS.[Si]C1=CCCCCC1. The first-order chi connectivity index (χ1) is 5.31. The van der Waals surface area contributed by atoms with Crippen LogP contribution in [0.4, 0.5) is 0 Å². The largest absolute Gasteiger partial charge is 0.291 e. The summed E-state index contributed by atoms with van der Waals surface area (Å²) >= 11 is 3.11. The number of hydrogen-bond donors (Lipinski definition) is 1. The summed E-state index contributed by atoms with van der Waals surface area (Å²) in [5.41, 5.74) is 0.444. The number of carbonyl (C=O) groups is 1. The monoisotopic (exact) mass is 185 g/mol. The van der Waals surface area contributed by atoms with Crippen molar-refractivity contribution in [1.82, 2.24) is 0 Å². The van der Waals surface area contributed by atoms with Crippen LogP contribution in [0.3, 0.4) is 0 Å². The molecule has 3 radical (unpaired) electrons. The Kier molecular flexibility index (Phi) is 8.06. The molecule has 1 nitrogen and oxygen atoms in total. The van der Waals surface area contributed by atoms with Gasteiger partial charge in [-0.25, -0.2) is 0 Å². The van der Waals surface area contributed by atoms with Gasteiger partial charge in [0.25, 0.3) is 0 Å². The number of hydrogen-bond acceptors (Lipinski definition) is 1. The van der Waals surface area contributed by atoms with Gasteiger partial charge in [0.05, 0.1) is 10.2 Å². The molecule has 0 unspecified atom stereocenters. The molecular weight excluding hydrogens is 172 g/mol. The third kappa shape index (κ3) is 7.88. The Morgan fingerprint density at radius 3 is 2.73 bits per heavy atom. The minimum Gasteiger partial charge on any atom is -0.291 e. The van der Waals surface area contributed by atoms with Crippen molar-refractivity contribution in [2.75, 3.05) is 0 Å². The first kappa shape index (κ1) is 11.0. The van der Waals surface area contributed by atoms with Crippen LogP contribution in [0.2, 0.25) is 0 Å². The fourth-order valence-corrected chi connectivity index (χ4v) is 1.34. The van der Waals surface area contributed by atoms with Gasteiger partial charge in [0.1, 0.15) is 0 Å². The summed E-state index contributed by atoms with van der Waals surface area (Å²) in [6.45, 7) is 0. The van der Waals surface area contributed by atoms with Crippen molar-refractivity contribution >= 4 is 28.5 Å². The van der Waals surface area contributed by atoms with Gasteiger partial charge < -0.3 is 0 Å². The molecule has 0 aromatic rings. The van der Waals surface area contributed by atoms with E-state index < -0.39 is 0 Å². The molecule has 0 aromatic heterocycles. The van der Waals surface area contributed by atoms with E-state index in [1.165, 1.54) is 37.3 Å². The Morgan fingerprint density at radius 2 is 2.09 bits per heavy atom. The van der Waals surface area contributed by atoms with Crippen molar-refractivity contribution < 1.29 is 4.79 Å². The highest BCUT2D eigenvalue weighted by atomic mass is 32.1. The third-order valence-electron chi connectivity index (χ3n) is 1.54. The highest BCUT2D eigenvalue weighted by molar-refractivity contribution is 7.94. The molecule has 0 bridgehead atoms. The zero-order valence-corrected chi connectivity index (χ0v) is 8.44. The summed E-state index contributed by atoms with van der Waals surface area (Å²) in [5, 5.41) is 1.41. The lowest BCUT2D eigenvalue weighted by molar-refractivity contribution is 0.570. The predicted molar refractivity (Wildman–Crippen MR) is 52.7 cm³/mol. The molecule has 0 atom stereocenters. The van der Waals surface area contributed by atoms with E-state index in [1.54, 1.807) is 0 Å². The topological polar surface area (TPSA) is 17.1 Å². The first-order valence-electron chi connectivity index (χ1n) is 3.79. The molecule has 0 saturated carbocycles. The van der Waals surface area contributed by atoms with E-state index >= 15 is 0 Å². The lowest BCUT2D eigenvalue weighted by atomic mass is 10.2. The van der Waals surface area contributed by atoms with Gasteiger partial charge in [-0.2, -0.15) is 0 Å². The standard InChI is InChI=1S/C7H11Si.CH2OS/c8-7-5-3-1-2-4-6-7;2-1-3/h5H,1-4,6H2;1H,(H,2,3). The quantitative estimate of drug-likeness (QED) is 0.347. The summed E-state index contributed by atoms with van der Waals surface area (Å²) < 4.78 is 0. The maximum Gasteiger partial charge on any atom is 0.173 e. The van der Waals surface area contributed by atoms with Crippen LogP contribution in [-0.2, 0) is 4.79 Å². The van der Waals surface area contributed by atoms with E-state index in [1.807, 2.05) is 0 Å². The van der Waals surface area contributed by atoms with Gasteiger partial charge in [0.15, 0.2) is 5.62 Å². The van der Waals surface area contributed by atoms with Gasteiger partial charge in [0.2, 0.25) is 0 Å². The zero-order chi connectivity index (χ0) is 8.53. The van der Waals surface area contributed by atoms with Crippen LogP contribution in [0.5, 0.6) is 0 Å². The molecule has 1 aliphatic rings. The number of thiol groups is 1. The van der Waals surface area contributed by atoms with Crippen LogP contribution in [0.15, 0.2) is 11.3 Å². The van der Waals surface area contributed by atoms with Crippen molar-refractivity contribution in [1.29, 1.82) is 0 Å². The third-order valence-corrected chi connectivity index (χ3v) is 2.00. The van der Waals surface area contributed by atoms with Crippen molar-refractivity contribution in [2.24, 2.45) is 0 Å². The summed E-state index contributed by atoms with van der Waals surface area (Å²) in [7, 11) is 3.55. The molecule has 1 aliphatic carbocycles. The molecule has 0 heterocycles. The van der Waals surface area contributed by atoms with Gasteiger partial charge in [-0.1, -0.05) is 17.7 Å². The van der Waals surface area contributed by atoms with Crippen molar-refractivity contribution in [3.8, 4) is 0 Å². The Morgan fingerprint density at radius 1 is 1.45 bits per heavy atom. The molecule has 11 heavy (non-hydrogen) atoms. The van der Waals surface area contributed by atoms with Crippen LogP contribution in [0, 0.1) is 0 Å². The van der Waals surface area contributed by atoms with E-state index in [0.717, 1.165) is 0 Å². The highest BCUT2D eigenvalue weighted by Crippen LogP contribution is 2.13. The van der Waals surface area contributed by atoms with Gasteiger partial charge in [-0.05, 0) is 25.7 Å². The van der Waals surface area contributed by atoms with Crippen LogP contribution < -0.4 is 0 Å². The zero-order valence-electron chi connectivity index (χ0n) is 6.55. The summed E-state index contributed by atoms with van der Waals surface area (Å²) in [6.07, 6.45) is 8.99. The van der Waals surface area contributed by atoms with Gasteiger partial charge >= 0.3 is 0 Å². The molecule has 61 valence electrons. The number of allylic oxidation sites excluding steroid dienone is 2. The fraction of sp³-hybridized carbons (Fsp3) is 0.625. The van der Waals surface area contributed by atoms with E-state index in [2.05, 4.69) is 28.9 Å². The molecule has 0 aliphatic heterocycles. The second-order valence-corrected chi connectivity index (χ2v) is 3.29. The average molecular weight is 185 g/mol. The van der Waals surface area contributed by atoms with E-state index in [-0.39, 0.29) is 0 Å². The molecule has 0 spiro atoms. The molecule has 0 N–H and O–H groups in total. The fourth-order valence-electron chi connectivity index (χ4n) is 1.01.